The Morgan fingerprint density at radius 3 is 2.86 bits per heavy atom. The molecular weight excluding hydrogens is 268 g/mol. The Balaban J connectivity index is 2.20. The molecule has 1 saturated carbocycles. The Labute approximate surface area is 122 Å². The molecule has 5 heteroatoms. The number of carboxylic acids is 1. The first-order chi connectivity index (χ1) is 9.89. The summed E-state index contributed by atoms with van der Waals surface area (Å²) >= 11 is 0. The zero-order valence-corrected chi connectivity index (χ0v) is 12.3. The lowest BCUT2D eigenvalue weighted by Gasteiger charge is -2.35. The zero-order chi connectivity index (χ0) is 15.2. The molecule has 2 N–H and O–H groups in total. The van der Waals surface area contributed by atoms with E-state index >= 15 is 0 Å². The summed E-state index contributed by atoms with van der Waals surface area (Å²) in [6, 6.07) is 5.04. The smallest absolute Gasteiger partial charge is 0.337 e. The molecule has 112 valence electrons. The molecule has 1 aromatic carbocycles. The van der Waals surface area contributed by atoms with Gasteiger partial charge < -0.3 is 10.1 Å². The summed E-state index contributed by atoms with van der Waals surface area (Å²) in [4.78, 5) is 26.6. The number of benzene rings is 1. The average molecular weight is 288 g/mol. The predicted molar refractivity (Wildman–Crippen MR) is 80.8 cm³/mol. The molecule has 1 aromatic heterocycles. The molecule has 0 amide bonds. The number of aromatic amines is 1. The van der Waals surface area contributed by atoms with E-state index in [1.165, 1.54) is 0 Å². The van der Waals surface area contributed by atoms with Crippen molar-refractivity contribution in [1.29, 1.82) is 0 Å². The summed E-state index contributed by atoms with van der Waals surface area (Å²) in [5.41, 5.74) is 1.29. The first-order valence-electron chi connectivity index (χ1n) is 7.35. The van der Waals surface area contributed by atoms with E-state index in [-0.39, 0.29) is 22.7 Å². The average Bonchev–Trinajstić information content (AvgIpc) is 2.72. The number of carbonyl (C=O) groups is 1. The van der Waals surface area contributed by atoms with Crippen LogP contribution in [0, 0.1) is 5.41 Å². The fourth-order valence-corrected chi connectivity index (χ4v) is 3.58. The monoisotopic (exact) mass is 288 g/mol. The van der Waals surface area contributed by atoms with E-state index in [9.17, 15) is 14.7 Å². The normalized spacial score (nSPS) is 21.5. The van der Waals surface area contributed by atoms with Gasteiger partial charge >= 0.3 is 11.7 Å². The van der Waals surface area contributed by atoms with Crippen LogP contribution in [0.25, 0.3) is 11.0 Å². The summed E-state index contributed by atoms with van der Waals surface area (Å²) in [5, 5.41) is 9.39. The van der Waals surface area contributed by atoms with Crippen molar-refractivity contribution in [2.75, 3.05) is 0 Å². The second kappa shape index (κ2) is 4.76. The number of H-pyrrole nitrogens is 1. The molecule has 0 radical (unpaired) electrons. The highest BCUT2D eigenvalue weighted by molar-refractivity contribution is 6.01. The molecule has 21 heavy (non-hydrogen) atoms. The van der Waals surface area contributed by atoms with Gasteiger partial charge in [0.15, 0.2) is 0 Å². The van der Waals surface area contributed by atoms with Crippen LogP contribution in [0.5, 0.6) is 0 Å². The van der Waals surface area contributed by atoms with Gasteiger partial charge in [-0.2, -0.15) is 0 Å². The van der Waals surface area contributed by atoms with Gasteiger partial charge in [0.1, 0.15) is 0 Å². The Morgan fingerprint density at radius 2 is 2.19 bits per heavy atom. The molecule has 1 unspecified atom stereocenters. The van der Waals surface area contributed by atoms with Crippen LogP contribution < -0.4 is 5.69 Å². The van der Waals surface area contributed by atoms with Crippen molar-refractivity contribution in [3.63, 3.8) is 0 Å². The number of rotatable bonds is 2. The molecule has 1 heterocycles. The summed E-state index contributed by atoms with van der Waals surface area (Å²) in [7, 11) is 0. The second-order valence-corrected chi connectivity index (χ2v) is 6.72. The number of hydrogen-bond acceptors (Lipinski definition) is 2. The van der Waals surface area contributed by atoms with Crippen LogP contribution in [-0.2, 0) is 0 Å². The number of nitrogens with zero attached hydrogens (tertiary/aromatic N) is 1. The van der Waals surface area contributed by atoms with Crippen molar-refractivity contribution >= 4 is 17.0 Å². The van der Waals surface area contributed by atoms with Gasteiger partial charge in [-0.25, -0.2) is 9.59 Å². The van der Waals surface area contributed by atoms with Gasteiger partial charge in [0.25, 0.3) is 0 Å². The number of carboxylic acid groups (broad SMARTS) is 1. The Morgan fingerprint density at radius 1 is 1.43 bits per heavy atom. The van der Waals surface area contributed by atoms with Crippen LogP contribution in [0.15, 0.2) is 23.0 Å². The van der Waals surface area contributed by atoms with Gasteiger partial charge in [0.05, 0.1) is 16.6 Å². The summed E-state index contributed by atoms with van der Waals surface area (Å²) in [6.07, 6.45) is 4.02. The van der Waals surface area contributed by atoms with Crippen LogP contribution in [0.2, 0.25) is 0 Å². The van der Waals surface area contributed by atoms with Crippen LogP contribution in [-0.4, -0.2) is 20.6 Å². The van der Waals surface area contributed by atoms with Crippen molar-refractivity contribution in [2.24, 2.45) is 5.41 Å². The number of fused-ring (bicyclic) bond motifs is 1. The highest BCUT2D eigenvalue weighted by atomic mass is 16.4. The van der Waals surface area contributed by atoms with Crippen LogP contribution in [0.4, 0.5) is 0 Å². The first-order valence-corrected chi connectivity index (χ1v) is 7.35. The van der Waals surface area contributed by atoms with E-state index in [2.05, 4.69) is 18.8 Å². The van der Waals surface area contributed by atoms with E-state index < -0.39 is 5.97 Å². The summed E-state index contributed by atoms with van der Waals surface area (Å²) in [5.74, 6) is -0.997. The quantitative estimate of drug-likeness (QED) is 0.891. The van der Waals surface area contributed by atoms with Gasteiger partial charge in [-0.1, -0.05) is 26.3 Å². The van der Waals surface area contributed by atoms with Gasteiger partial charge in [-0.3, -0.25) is 4.57 Å². The number of imidazole rings is 1. The second-order valence-electron chi connectivity index (χ2n) is 6.72. The number of aromatic nitrogens is 2. The van der Waals surface area contributed by atoms with Crippen molar-refractivity contribution < 1.29 is 9.90 Å². The molecule has 0 saturated heterocycles. The van der Waals surface area contributed by atoms with Crippen molar-refractivity contribution in [1.82, 2.24) is 9.55 Å². The first kappa shape index (κ1) is 13.9. The predicted octanol–water partition coefficient (Wildman–Crippen LogP) is 3.17. The van der Waals surface area contributed by atoms with Gasteiger partial charge in [0.2, 0.25) is 0 Å². The lowest BCUT2D eigenvalue weighted by molar-refractivity contribution is 0.0698. The Kier molecular flexibility index (Phi) is 3.15. The minimum absolute atomic E-state index is 0.0653. The zero-order valence-electron chi connectivity index (χ0n) is 12.3. The van der Waals surface area contributed by atoms with Gasteiger partial charge in [-0.05, 0) is 36.8 Å². The number of hydrogen-bond donors (Lipinski definition) is 2. The van der Waals surface area contributed by atoms with Crippen molar-refractivity contribution in [3.8, 4) is 0 Å². The molecule has 3 rings (SSSR count). The Bertz CT molecular complexity index is 754. The fourth-order valence-electron chi connectivity index (χ4n) is 3.58. The van der Waals surface area contributed by atoms with Crippen molar-refractivity contribution in [2.45, 2.75) is 45.6 Å². The maximum absolute atomic E-state index is 12.3. The number of para-hydroxylation sites is 1. The third-order valence-electron chi connectivity index (χ3n) is 4.51. The molecule has 2 aromatic rings. The van der Waals surface area contributed by atoms with Gasteiger partial charge in [0, 0.05) is 6.04 Å². The Hall–Kier alpha value is -2.04. The van der Waals surface area contributed by atoms with Crippen molar-refractivity contribution in [3.05, 3.63) is 34.2 Å². The van der Waals surface area contributed by atoms with E-state index in [1.807, 2.05) is 0 Å². The minimum Gasteiger partial charge on any atom is -0.478 e. The van der Waals surface area contributed by atoms with E-state index in [0.29, 0.717) is 11.0 Å². The maximum Gasteiger partial charge on any atom is 0.337 e. The third kappa shape index (κ3) is 2.37. The van der Waals surface area contributed by atoms with E-state index in [0.717, 1.165) is 25.7 Å². The van der Waals surface area contributed by atoms with E-state index in [1.54, 1.807) is 22.8 Å². The van der Waals surface area contributed by atoms with Gasteiger partial charge in [-0.15, -0.1) is 0 Å². The molecule has 1 aliphatic rings. The maximum atomic E-state index is 12.3. The summed E-state index contributed by atoms with van der Waals surface area (Å²) < 4.78 is 1.67. The molecule has 1 fully saturated rings. The highest BCUT2D eigenvalue weighted by Gasteiger charge is 2.31. The number of aromatic carboxylic acids is 1. The highest BCUT2D eigenvalue weighted by Crippen LogP contribution is 2.41. The summed E-state index contributed by atoms with van der Waals surface area (Å²) in [6.45, 7) is 4.41. The molecule has 5 nitrogen and oxygen atoms in total. The molecule has 0 spiro atoms. The SMILES string of the molecule is CC1(C)CCCC(n2c(=O)[nH]c3cccc(C(=O)O)c32)C1. The van der Waals surface area contributed by atoms with E-state index in [4.69, 9.17) is 0 Å². The van der Waals surface area contributed by atoms with Crippen LogP contribution >= 0.6 is 0 Å². The topological polar surface area (TPSA) is 75.1 Å². The minimum atomic E-state index is -0.997. The lowest BCUT2D eigenvalue weighted by atomic mass is 9.75. The standard InChI is InChI=1S/C16H20N2O3/c1-16(2)8-4-5-10(9-16)18-13-11(14(19)20)6-3-7-12(13)17-15(18)21/h3,6-7,10H,4-5,8-9H2,1-2H3,(H,17,21)(H,19,20). The third-order valence-corrected chi connectivity index (χ3v) is 4.51. The lowest BCUT2D eigenvalue weighted by Crippen LogP contribution is -2.30. The number of nitrogens with one attached hydrogen (secondary N) is 1. The molecule has 0 aliphatic heterocycles. The fraction of sp³-hybridized carbons (Fsp3) is 0.500. The largest absolute Gasteiger partial charge is 0.478 e. The van der Waals surface area contributed by atoms with Crippen LogP contribution in [0.3, 0.4) is 0 Å². The molecule has 1 aliphatic carbocycles. The molecular formula is C16H20N2O3. The van der Waals surface area contributed by atoms with Crippen LogP contribution in [0.1, 0.15) is 55.9 Å². The molecule has 0 bridgehead atoms. The molecule has 1 atom stereocenters.